The van der Waals surface area contributed by atoms with E-state index < -0.39 is 0 Å². The maximum Gasteiger partial charge on any atom is 0.213 e. The number of nitrogens with zero attached hydrogens (tertiary/aromatic N) is 1. The molecule has 0 saturated carbocycles. The van der Waals surface area contributed by atoms with Gasteiger partial charge in [0.05, 0.1) is 20.3 Å². The molecule has 24 heavy (non-hydrogen) atoms. The van der Waals surface area contributed by atoms with E-state index in [0.717, 1.165) is 44.6 Å². The Hall–Kier alpha value is -2.43. The molecule has 0 atom stereocenters. The van der Waals surface area contributed by atoms with Crippen molar-refractivity contribution in [2.45, 2.75) is 20.1 Å². The summed E-state index contributed by atoms with van der Waals surface area (Å²) in [4.78, 5) is 0. The molecule has 0 radical (unpaired) electrons. The first kappa shape index (κ1) is 16.4. The summed E-state index contributed by atoms with van der Waals surface area (Å²) in [5, 5.41) is 21.2. The number of fused-ring (bicyclic) bond motifs is 1. The fraction of sp³-hybridized carbons (Fsp3) is 0.250. The lowest BCUT2D eigenvalue weighted by molar-refractivity contribution is -0.665. The Labute approximate surface area is 141 Å². The van der Waals surface area contributed by atoms with E-state index in [4.69, 9.17) is 4.74 Å². The molecule has 2 aromatic carbocycles. The third kappa shape index (κ3) is 2.75. The van der Waals surface area contributed by atoms with Crippen molar-refractivity contribution in [1.82, 2.24) is 0 Å². The molecule has 0 aliphatic heterocycles. The molecule has 3 aromatic rings. The van der Waals surface area contributed by atoms with Crippen molar-refractivity contribution >= 4 is 10.8 Å². The number of pyridine rings is 1. The van der Waals surface area contributed by atoms with Crippen LogP contribution in [0.15, 0.2) is 42.5 Å². The van der Waals surface area contributed by atoms with E-state index in [1.165, 1.54) is 0 Å². The average molecular weight is 324 g/mol. The van der Waals surface area contributed by atoms with Crippen molar-refractivity contribution in [2.24, 2.45) is 7.05 Å². The van der Waals surface area contributed by atoms with Gasteiger partial charge in [-0.15, -0.1) is 0 Å². The van der Waals surface area contributed by atoms with E-state index in [0.29, 0.717) is 0 Å². The maximum atomic E-state index is 9.55. The van der Waals surface area contributed by atoms with Crippen molar-refractivity contribution in [3.05, 3.63) is 59.3 Å². The van der Waals surface area contributed by atoms with Gasteiger partial charge in [-0.1, -0.05) is 6.07 Å². The van der Waals surface area contributed by atoms with Gasteiger partial charge in [0.25, 0.3) is 0 Å². The minimum Gasteiger partial charge on any atom is -0.497 e. The molecule has 1 heterocycles. The topological polar surface area (TPSA) is 53.6 Å². The van der Waals surface area contributed by atoms with Crippen LogP contribution in [0.2, 0.25) is 0 Å². The zero-order valence-corrected chi connectivity index (χ0v) is 14.2. The molecule has 0 amide bonds. The zero-order valence-electron chi connectivity index (χ0n) is 14.2. The molecule has 0 aliphatic rings. The van der Waals surface area contributed by atoms with Crippen LogP contribution >= 0.6 is 0 Å². The number of hydrogen-bond acceptors (Lipinski definition) is 3. The smallest absolute Gasteiger partial charge is 0.213 e. The lowest BCUT2D eigenvalue weighted by atomic mass is 9.98. The molecule has 124 valence electrons. The molecular weight excluding hydrogens is 302 g/mol. The maximum absolute atomic E-state index is 9.55. The van der Waals surface area contributed by atoms with Gasteiger partial charge in [0.15, 0.2) is 5.69 Å². The second-order valence-electron chi connectivity index (χ2n) is 5.93. The number of rotatable bonds is 4. The van der Waals surface area contributed by atoms with Crippen LogP contribution in [0.25, 0.3) is 22.0 Å². The lowest BCUT2D eigenvalue weighted by Crippen LogP contribution is -2.35. The number of methoxy groups -OCH3 is 1. The molecule has 4 nitrogen and oxygen atoms in total. The average Bonchev–Trinajstić information content (AvgIpc) is 2.63. The van der Waals surface area contributed by atoms with Gasteiger partial charge in [-0.05, 0) is 46.8 Å². The molecule has 0 saturated heterocycles. The predicted octanol–water partition coefficient (Wildman–Crippen LogP) is 2.63. The van der Waals surface area contributed by atoms with E-state index in [2.05, 4.69) is 23.6 Å². The normalized spacial score (nSPS) is 11.0. The summed E-state index contributed by atoms with van der Waals surface area (Å²) in [6.07, 6.45) is 0. The SMILES string of the molecule is COc1cccc(-c2cc3cc(CO)c(CO)cc3c(C)[n+]2C)c1. The molecule has 0 bridgehead atoms. The fourth-order valence-corrected chi connectivity index (χ4v) is 3.10. The van der Waals surface area contributed by atoms with Crippen LogP contribution in [0, 0.1) is 6.92 Å². The first-order valence-electron chi connectivity index (χ1n) is 7.90. The summed E-state index contributed by atoms with van der Waals surface area (Å²) in [6.45, 7) is 1.90. The Morgan fingerprint density at radius 1 is 1.00 bits per heavy atom. The van der Waals surface area contributed by atoms with Crippen LogP contribution < -0.4 is 9.30 Å². The highest BCUT2D eigenvalue weighted by atomic mass is 16.5. The van der Waals surface area contributed by atoms with Crippen LogP contribution in [0.3, 0.4) is 0 Å². The Bertz CT molecular complexity index is 903. The van der Waals surface area contributed by atoms with Crippen LogP contribution in [0.1, 0.15) is 16.8 Å². The van der Waals surface area contributed by atoms with E-state index in [-0.39, 0.29) is 13.2 Å². The number of aryl methyl sites for hydroxylation is 1. The summed E-state index contributed by atoms with van der Waals surface area (Å²) in [5.74, 6) is 0.817. The molecule has 3 rings (SSSR count). The number of aliphatic hydroxyl groups is 2. The molecule has 4 heteroatoms. The molecule has 0 spiro atoms. The Kier molecular flexibility index (Phi) is 4.51. The Balaban J connectivity index is 2.28. The molecular formula is C20H22NO3+. The third-order valence-electron chi connectivity index (χ3n) is 4.62. The van der Waals surface area contributed by atoms with Crippen molar-refractivity contribution in [2.75, 3.05) is 7.11 Å². The monoisotopic (exact) mass is 324 g/mol. The molecule has 0 unspecified atom stereocenters. The number of ether oxygens (including phenoxy) is 1. The van der Waals surface area contributed by atoms with E-state index in [9.17, 15) is 10.2 Å². The lowest BCUT2D eigenvalue weighted by Gasteiger charge is -2.11. The largest absolute Gasteiger partial charge is 0.497 e. The minimum absolute atomic E-state index is 0.0768. The number of aromatic nitrogens is 1. The number of hydrogen-bond donors (Lipinski definition) is 2. The van der Waals surface area contributed by atoms with E-state index in [1.807, 2.05) is 37.4 Å². The molecule has 0 fully saturated rings. The highest BCUT2D eigenvalue weighted by molar-refractivity contribution is 5.87. The van der Waals surface area contributed by atoms with Crippen molar-refractivity contribution < 1.29 is 19.5 Å². The Morgan fingerprint density at radius 2 is 1.71 bits per heavy atom. The van der Waals surface area contributed by atoms with Gasteiger partial charge in [-0.3, -0.25) is 0 Å². The van der Waals surface area contributed by atoms with Gasteiger partial charge in [-0.25, -0.2) is 0 Å². The van der Waals surface area contributed by atoms with Gasteiger partial charge < -0.3 is 14.9 Å². The van der Waals surface area contributed by atoms with E-state index >= 15 is 0 Å². The number of benzene rings is 2. The molecule has 0 aliphatic carbocycles. The summed E-state index contributed by atoms with van der Waals surface area (Å²) >= 11 is 0. The van der Waals surface area contributed by atoms with Gasteiger partial charge >= 0.3 is 0 Å². The minimum atomic E-state index is -0.0829. The van der Waals surface area contributed by atoms with Crippen molar-refractivity contribution in [1.29, 1.82) is 0 Å². The second-order valence-corrected chi connectivity index (χ2v) is 5.93. The van der Waals surface area contributed by atoms with Crippen LogP contribution in [0.5, 0.6) is 5.75 Å². The van der Waals surface area contributed by atoms with Crippen LogP contribution in [-0.4, -0.2) is 17.3 Å². The summed E-state index contributed by atoms with van der Waals surface area (Å²) in [7, 11) is 3.69. The molecule has 2 N–H and O–H groups in total. The van der Waals surface area contributed by atoms with Gasteiger partial charge in [0.1, 0.15) is 12.8 Å². The Morgan fingerprint density at radius 3 is 2.38 bits per heavy atom. The second kappa shape index (κ2) is 6.59. The van der Waals surface area contributed by atoms with Gasteiger partial charge in [0, 0.05) is 23.9 Å². The zero-order chi connectivity index (χ0) is 17.3. The first-order chi connectivity index (χ1) is 11.6. The summed E-state index contributed by atoms with van der Waals surface area (Å²) in [6, 6.07) is 14.0. The highest BCUT2D eigenvalue weighted by Crippen LogP contribution is 2.28. The van der Waals surface area contributed by atoms with Gasteiger partial charge in [-0.2, -0.15) is 4.57 Å². The fourth-order valence-electron chi connectivity index (χ4n) is 3.10. The van der Waals surface area contributed by atoms with Crippen molar-refractivity contribution in [3.8, 4) is 17.0 Å². The predicted molar refractivity (Wildman–Crippen MR) is 93.7 cm³/mol. The third-order valence-corrected chi connectivity index (χ3v) is 4.62. The standard InChI is InChI=1S/C20H22NO3/c1-13-19-9-17(12-23)16(11-22)7-15(19)10-20(21(13)2)14-5-4-6-18(8-14)24-3/h4-10,22-23H,11-12H2,1-3H3/q+1. The number of aliphatic hydroxyl groups excluding tert-OH is 2. The van der Waals surface area contributed by atoms with Crippen LogP contribution in [-0.2, 0) is 20.3 Å². The first-order valence-corrected chi connectivity index (χ1v) is 7.90. The summed E-state index contributed by atoms with van der Waals surface area (Å²) < 4.78 is 7.47. The van der Waals surface area contributed by atoms with Crippen LogP contribution in [0.4, 0.5) is 0 Å². The highest BCUT2D eigenvalue weighted by Gasteiger charge is 2.18. The molecule has 1 aromatic heterocycles. The van der Waals surface area contributed by atoms with E-state index in [1.54, 1.807) is 7.11 Å². The summed E-state index contributed by atoms with van der Waals surface area (Å²) in [5.41, 5.74) is 4.76. The van der Waals surface area contributed by atoms with Gasteiger partial charge in [0.2, 0.25) is 5.69 Å². The van der Waals surface area contributed by atoms with Crippen molar-refractivity contribution in [3.63, 3.8) is 0 Å². The quantitative estimate of drug-likeness (QED) is 0.726.